The van der Waals surface area contributed by atoms with Gasteiger partial charge in [-0.1, -0.05) is 24.3 Å². The molecular weight excluding hydrogens is 244 g/mol. The molecule has 0 amide bonds. The summed E-state index contributed by atoms with van der Waals surface area (Å²) in [4.78, 5) is 2.62. The molecule has 1 aliphatic carbocycles. The third-order valence-corrected chi connectivity index (χ3v) is 4.73. The lowest BCUT2D eigenvalue weighted by molar-refractivity contribution is 0.194. The van der Waals surface area contributed by atoms with E-state index in [1.54, 1.807) is 5.56 Å². The SMILES string of the molecule is CC(C)N(Cc1cccc(C2CC2)c1)CC1CCCN1. The summed E-state index contributed by atoms with van der Waals surface area (Å²) in [5.74, 6) is 0.860. The van der Waals surface area contributed by atoms with Gasteiger partial charge in [-0.05, 0) is 63.1 Å². The molecule has 20 heavy (non-hydrogen) atoms. The summed E-state index contributed by atoms with van der Waals surface area (Å²) >= 11 is 0. The first-order valence-electron chi connectivity index (χ1n) is 8.28. The lowest BCUT2D eigenvalue weighted by Crippen LogP contribution is -2.40. The molecule has 110 valence electrons. The van der Waals surface area contributed by atoms with Crippen LogP contribution in [0.1, 0.15) is 56.6 Å². The van der Waals surface area contributed by atoms with E-state index < -0.39 is 0 Å². The van der Waals surface area contributed by atoms with Gasteiger partial charge in [-0.3, -0.25) is 4.90 Å². The second kappa shape index (κ2) is 6.28. The van der Waals surface area contributed by atoms with Gasteiger partial charge in [0, 0.05) is 25.2 Å². The molecule has 2 fully saturated rings. The summed E-state index contributed by atoms with van der Waals surface area (Å²) in [6, 6.07) is 10.6. The normalized spacial score (nSPS) is 22.9. The van der Waals surface area contributed by atoms with Gasteiger partial charge >= 0.3 is 0 Å². The van der Waals surface area contributed by atoms with E-state index in [4.69, 9.17) is 0 Å². The highest BCUT2D eigenvalue weighted by molar-refractivity contribution is 5.29. The third kappa shape index (κ3) is 3.62. The molecule has 0 radical (unpaired) electrons. The van der Waals surface area contributed by atoms with E-state index in [0.29, 0.717) is 12.1 Å². The van der Waals surface area contributed by atoms with Crippen molar-refractivity contribution in [2.45, 2.75) is 64.1 Å². The van der Waals surface area contributed by atoms with Crippen molar-refractivity contribution < 1.29 is 0 Å². The molecule has 0 bridgehead atoms. The van der Waals surface area contributed by atoms with E-state index >= 15 is 0 Å². The van der Waals surface area contributed by atoms with Crippen molar-refractivity contribution >= 4 is 0 Å². The fourth-order valence-corrected chi connectivity index (χ4v) is 3.25. The fourth-order valence-electron chi connectivity index (χ4n) is 3.25. The Bertz CT molecular complexity index is 431. The van der Waals surface area contributed by atoms with Crippen LogP contribution in [-0.2, 0) is 6.54 Å². The molecular formula is C18H28N2. The largest absolute Gasteiger partial charge is 0.313 e. The lowest BCUT2D eigenvalue weighted by atomic mass is 10.1. The minimum Gasteiger partial charge on any atom is -0.313 e. The Morgan fingerprint density at radius 2 is 2.10 bits per heavy atom. The molecule has 1 atom stereocenters. The van der Waals surface area contributed by atoms with Gasteiger partial charge in [0.25, 0.3) is 0 Å². The van der Waals surface area contributed by atoms with Crippen LogP contribution in [0.2, 0.25) is 0 Å². The molecule has 2 heteroatoms. The number of nitrogens with one attached hydrogen (secondary N) is 1. The van der Waals surface area contributed by atoms with Crippen LogP contribution in [0.25, 0.3) is 0 Å². The van der Waals surface area contributed by atoms with Gasteiger partial charge in [0.2, 0.25) is 0 Å². The van der Waals surface area contributed by atoms with Gasteiger partial charge in [-0.15, -0.1) is 0 Å². The smallest absolute Gasteiger partial charge is 0.0237 e. The van der Waals surface area contributed by atoms with Crippen LogP contribution in [0.4, 0.5) is 0 Å². The fraction of sp³-hybridized carbons (Fsp3) is 0.667. The molecule has 1 unspecified atom stereocenters. The van der Waals surface area contributed by atoms with Crippen molar-refractivity contribution in [2.75, 3.05) is 13.1 Å². The maximum Gasteiger partial charge on any atom is 0.0237 e. The van der Waals surface area contributed by atoms with Crippen molar-refractivity contribution in [3.63, 3.8) is 0 Å². The van der Waals surface area contributed by atoms with Crippen molar-refractivity contribution in [1.82, 2.24) is 10.2 Å². The van der Waals surface area contributed by atoms with Gasteiger partial charge in [0.15, 0.2) is 0 Å². The highest BCUT2D eigenvalue weighted by Crippen LogP contribution is 2.40. The Morgan fingerprint density at radius 3 is 2.75 bits per heavy atom. The van der Waals surface area contributed by atoms with Gasteiger partial charge in [-0.2, -0.15) is 0 Å². The minimum atomic E-state index is 0.613. The summed E-state index contributed by atoms with van der Waals surface area (Å²) in [7, 11) is 0. The van der Waals surface area contributed by atoms with Crippen molar-refractivity contribution in [3.8, 4) is 0 Å². The molecule has 1 heterocycles. The predicted molar refractivity (Wildman–Crippen MR) is 85.0 cm³/mol. The number of hydrogen-bond donors (Lipinski definition) is 1. The van der Waals surface area contributed by atoms with Crippen LogP contribution in [0, 0.1) is 0 Å². The van der Waals surface area contributed by atoms with Crippen LogP contribution in [-0.4, -0.2) is 30.1 Å². The van der Waals surface area contributed by atoms with Gasteiger partial charge in [0.1, 0.15) is 0 Å². The Labute approximate surface area is 123 Å². The molecule has 0 spiro atoms. The zero-order chi connectivity index (χ0) is 13.9. The van der Waals surface area contributed by atoms with E-state index in [0.717, 1.165) is 12.5 Å². The molecule has 1 aliphatic heterocycles. The van der Waals surface area contributed by atoms with Gasteiger partial charge < -0.3 is 5.32 Å². The standard InChI is InChI=1S/C18H28N2/c1-14(2)20(13-18-7-4-10-19-18)12-15-5-3-6-17(11-15)16-8-9-16/h3,5-6,11,14,16,18-19H,4,7-10,12-13H2,1-2H3. The zero-order valence-corrected chi connectivity index (χ0v) is 12.9. The van der Waals surface area contributed by atoms with Crippen LogP contribution in [0.5, 0.6) is 0 Å². The molecule has 0 aromatic heterocycles. The van der Waals surface area contributed by atoms with Crippen LogP contribution >= 0.6 is 0 Å². The van der Waals surface area contributed by atoms with Crippen molar-refractivity contribution in [1.29, 1.82) is 0 Å². The van der Waals surface area contributed by atoms with Gasteiger partial charge in [0.05, 0.1) is 0 Å². The first kappa shape index (κ1) is 14.1. The molecule has 1 aromatic carbocycles. The Kier molecular flexibility index (Phi) is 4.42. The monoisotopic (exact) mass is 272 g/mol. The molecule has 1 saturated heterocycles. The summed E-state index contributed by atoms with van der Waals surface area (Å²) in [6.07, 6.45) is 5.46. The minimum absolute atomic E-state index is 0.613. The highest BCUT2D eigenvalue weighted by atomic mass is 15.2. The number of nitrogens with zero attached hydrogens (tertiary/aromatic N) is 1. The van der Waals surface area contributed by atoms with E-state index in [9.17, 15) is 0 Å². The Hall–Kier alpha value is -0.860. The zero-order valence-electron chi connectivity index (χ0n) is 12.9. The summed E-state index contributed by atoms with van der Waals surface area (Å²) < 4.78 is 0. The molecule has 1 saturated carbocycles. The second-order valence-electron chi connectivity index (χ2n) is 6.84. The van der Waals surface area contributed by atoms with E-state index in [1.165, 1.54) is 44.3 Å². The van der Waals surface area contributed by atoms with E-state index in [-0.39, 0.29) is 0 Å². The van der Waals surface area contributed by atoms with E-state index in [1.807, 2.05) is 0 Å². The predicted octanol–water partition coefficient (Wildman–Crippen LogP) is 3.53. The highest BCUT2D eigenvalue weighted by Gasteiger charge is 2.24. The number of benzene rings is 1. The third-order valence-electron chi connectivity index (χ3n) is 4.73. The van der Waals surface area contributed by atoms with Gasteiger partial charge in [-0.25, -0.2) is 0 Å². The quantitative estimate of drug-likeness (QED) is 0.852. The molecule has 3 rings (SSSR count). The maximum absolute atomic E-state index is 3.63. The van der Waals surface area contributed by atoms with Crippen molar-refractivity contribution in [3.05, 3.63) is 35.4 Å². The summed E-state index contributed by atoms with van der Waals surface area (Å²) in [5, 5.41) is 3.63. The van der Waals surface area contributed by atoms with Crippen molar-refractivity contribution in [2.24, 2.45) is 0 Å². The van der Waals surface area contributed by atoms with E-state index in [2.05, 4.69) is 48.3 Å². The first-order chi connectivity index (χ1) is 9.72. The topological polar surface area (TPSA) is 15.3 Å². The number of hydrogen-bond acceptors (Lipinski definition) is 2. The Balaban J connectivity index is 1.64. The molecule has 1 N–H and O–H groups in total. The molecule has 2 aliphatic rings. The molecule has 1 aromatic rings. The first-order valence-corrected chi connectivity index (χ1v) is 8.28. The average molecular weight is 272 g/mol. The van der Waals surface area contributed by atoms with Crippen LogP contribution in [0.15, 0.2) is 24.3 Å². The maximum atomic E-state index is 3.63. The summed E-state index contributed by atoms with van der Waals surface area (Å²) in [5.41, 5.74) is 3.05. The van der Waals surface area contributed by atoms with Crippen LogP contribution in [0.3, 0.4) is 0 Å². The number of rotatable bonds is 6. The summed E-state index contributed by atoms with van der Waals surface area (Å²) in [6.45, 7) is 8.12. The lowest BCUT2D eigenvalue weighted by Gasteiger charge is -2.29. The average Bonchev–Trinajstić information content (AvgIpc) is 3.17. The Morgan fingerprint density at radius 1 is 1.25 bits per heavy atom. The second-order valence-corrected chi connectivity index (χ2v) is 6.84. The molecule has 2 nitrogen and oxygen atoms in total. The van der Waals surface area contributed by atoms with Crippen LogP contribution < -0.4 is 5.32 Å².